The number of nitrogens with two attached hydrogens (primary N) is 1. The molecule has 2 N–H and O–H groups in total. The lowest BCUT2D eigenvalue weighted by Crippen LogP contribution is -2.42. The van der Waals surface area contributed by atoms with Gasteiger partial charge in [-0.2, -0.15) is 5.10 Å². The second kappa shape index (κ2) is 5.74. The van der Waals surface area contributed by atoms with Crippen LogP contribution in [0.1, 0.15) is 31.7 Å². The van der Waals surface area contributed by atoms with Crippen molar-refractivity contribution in [2.75, 3.05) is 13.7 Å². The minimum absolute atomic E-state index is 0.189. The number of nitrogens with zero attached hydrogens (tertiary/aromatic N) is 2. The molecule has 0 aliphatic heterocycles. The first-order valence-corrected chi connectivity index (χ1v) is 6.93. The van der Waals surface area contributed by atoms with E-state index in [1.807, 2.05) is 24.0 Å². The number of esters is 1. The Kier molecular flexibility index (Phi) is 4.24. The highest BCUT2D eigenvalue weighted by molar-refractivity contribution is 5.77. The number of carbonyl (C=O) groups is 1. The Balaban J connectivity index is 2.17. The van der Waals surface area contributed by atoms with Crippen molar-refractivity contribution < 1.29 is 9.53 Å². The molecular weight excluding hydrogens is 242 g/mol. The van der Waals surface area contributed by atoms with Crippen LogP contribution >= 0.6 is 0 Å². The van der Waals surface area contributed by atoms with Gasteiger partial charge in [0.15, 0.2) is 0 Å². The summed E-state index contributed by atoms with van der Waals surface area (Å²) < 4.78 is 6.86. The Morgan fingerprint density at radius 2 is 2.37 bits per heavy atom. The van der Waals surface area contributed by atoms with Crippen molar-refractivity contribution >= 4 is 5.97 Å². The van der Waals surface area contributed by atoms with Gasteiger partial charge in [0.05, 0.1) is 18.7 Å². The van der Waals surface area contributed by atoms with Crippen LogP contribution in [0.5, 0.6) is 0 Å². The Labute approximate surface area is 114 Å². The van der Waals surface area contributed by atoms with E-state index in [1.165, 1.54) is 20.0 Å². The number of hydrogen-bond acceptors (Lipinski definition) is 4. The van der Waals surface area contributed by atoms with Gasteiger partial charge in [0.1, 0.15) is 0 Å². The van der Waals surface area contributed by atoms with E-state index in [2.05, 4.69) is 5.10 Å². The van der Waals surface area contributed by atoms with Crippen LogP contribution in [0.25, 0.3) is 0 Å². The lowest BCUT2D eigenvalue weighted by Gasteiger charge is -2.29. The zero-order valence-corrected chi connectivity index (χ0v) is 11.8. The second-order valence-electron chi connectivity index (χ2n) is 5.50. The number of carbonyl (C=O) groups excluding carboxylic acids is 1. The van der Waals surface area contributed by atoms with E-state index in [1.54, 1.807) is 0 Å². The van der Waals surface area contributed by atoms with Crippen molar-refractivity contribution in [1.29, 1.82) is 0 Å². The number of methoxy groups -OCH3 is 1. The highest BCUT2D eigenvalue weighted by atomic mass is 16.5. The summed E-state index contributed by atoms with van der Waals surface area (Å²) in [7, 11) is 1.44. The van der Waals surface area contributed by atoms with Crippen molar-refractivity contribution in [3.8, 4) is 0 Å². The van der Waals surface area contributed by atoms with Crippen LogP contribution in [-0.2, 0) is 22.5 Å². The van der Waals surface area contributed by atoms with Crippen molar-refractivity contribution in [3.05, 3.63) is 18.0 Å². The first kappa shape index (κ1) is 14.1. The van der Waals surface area contributed by atoms with Gasteiger partial charge in [-0.15, -0.1) is 0 Å². The maximum Gasteiger partial charge on any atom is 0.313 e. The molecule has 1 aromatic rings. The van der Waals surface area contributed by atoms with Gasteiger partial charge in [-0.3, -0.25) is 9.48 Å². The van der Waals surface area contributed by atoms with E-state index in [0.717, 1.165) is 18.5 Å². The van der Waals surface area contributed by atoms with Crippen LogP contribution in [0.4, 0.5) is 0 Å². The van der Waals surface area contributed by atoms with Gasteiger partial charge < -0.3 is 10.5 Å². The highest BCUT2D eigenvalue weighted by Crippen LogP contribution is 2.42. The molecule has 0 aromatic carbocycles. The van der Waals surface area contributed by atoms with Gasteiger partial charge in [-0.25, -0.2) is 0 Å². The molecule has 5 heteroatoms. The highest BCUT2D eigenvalue weighted by Gasteiger charge is 2.43. The number of rotatable bonds is 7. The van der Waals surface area contributed by atoms with E-state index >= 15 is 0 Å². The summed E-state index contributed by atoms with van der Waals surface area (Å²) in [5.41, 5.74) is 6.39. The Hall–Kier alpha value is -1.36. The van der Waals surface area contributed by atoms with Crippen LogP contribution in [0.15, 0.2) is 12.4 Å². The van der Waals surface area contributed by atoms with Crippen molar-refractivity contribution in [2.45, 2.75) is 39.2 Å². The third kappa shape index (κ3) is 3.15. The van der Waals surface area contributed by atoms with Crippen LogP contribution in [0.2, 0.25) is 0 Å². The van der Waals surface area contributed by atoms with Gasteiger partial charge >= 0.3 is 5.97 Å². The fourth-order valence-corrected chi connectivity index (χ4v) is 2.62. The fraction of sp³-hybridized carbons (Fsp3) is 0.714. The third-order valence-corrected chi connectivity index (χ3v) is 3.94. The topological polar surface area (TPSA) is 70.1 Å². The molecule has 1 aliphatic rings. The molecule has 1 aromatic heterocycles. The molecule has 0 radical (unpaired) electrons. The number of aryl methyl sites for hydroxylation is 1. The Bertz CT molecular complexity index is 440. The van der Waals surface area contributed by atoms with E-state index in [-0.39, 0.29) is 5.97 Å². The van der Waals surface area contributed by atoms with Gasteiger partial charge in [0.25, 0.3) is 0 Å². The average molecular weight is 265 g/mol. The molecule has 1 atom stereocenters. The molecule has 1 heterocycles. The lowest BCUT2D eigenvalue weighted by atomic mass is 9.77. The van der Waals surface area contributed by atoms with Crippen LogP contribution < -0.4 is 5.73 Å². The molecule has 0 bridgehead atoms. The summed E-state index contributed by atoms with van der Waals surface area (Å²) in [5, 5.41) is 4.26. The molecule has 1 unspecified atom stereocenters. The summed E-state index contributed by atoms with van der Waals surface area (Å²) in [6.07, 6.45) is 7.66. The summed E-state index contributed by atoms with van der Waals surface area (Å²) in [6.45, 7) is 3.20. The maximum absolute atomic E-state index is 12.2. The molecule has 1 aliphatic carbocycles. The van der Waals surface area contributed by atoms with E-state index < -0.39 is 5.41 Å². The summed E-state index contributed by atoms with van der Waals surface area (Å²) >= 11 is 0. The molecule has 0 spiro atoms. The fourth-order valence-electron chi connectivity index (χ4n) is 2.62. The Morgan fingerprint density at radius 1 is 1.63 bits per heavy atom. The van der Waals surface area contributed by atoms with E-state index in [4.69, 9.17) is 10.5 Å². The normalized spacial score (nSPS) is 18.1. The monoisotopic (exact) mass is 265 g/mol. The van der Waals surface area contributed by atoms with Crippen LogP contribution in [0.3, 0.4) is 0 Å². The zero-order valence-electron chi connectivity index (χ0n) is 11.8. The molecule has 0 amide bonds. The predicted octanol–water partition coefficient (Wildman–Crippen LogP) is 1.36. The van der Waals surface area contributed by atoms with Crippen LogP contribution in [-0.4, -0.2) is 29.4 Å². The second-order valence-corrected chi connectivity index (χ2v) is 5.50. The lowest BCUT2D eigenvalue weighted by molar-refractivity contribution is -0.153. The first-order valence-electron chi connectivity index (χ1n) is 6.93. The zero-order chi connectivity index (χ0) is 13.9. The third-order valence-electron chi connectivity index (χ3n) is 3.94. The molecule has 0 saturated heterocycles. The quantitative estimate of drug-likeness (QED) is 0.756. The van der Waals surface area contributed by atoms with Crippen molar-refractivity contribution in [1.82, 2.24) is 9.78 Å². The minimum Gasteiger partial charge on any atom is -0.469 e. The van der Waals surface area contributed by atoms with Crippen molar-refractivity contribution in [3.63, 3.8) is 0 Å². The SMILES string of the molecule is CCn1cc(CC(CN)(CC2CC2)C(=O)OC)cn1. The molecule has 2 rings (SSSR count). The molecule has 19 heavy (non-hydrogen) atoms. The smallest absolute Gasteiger partial charge is 0.313 e. The summed E-state index contributed by atoms with van der Waals surface area (Å²) in [6, 6.07) is 0. The van der Waals surface area contributed by atoms with E-state index in [0.29, 0.717) is 18.9 Å². The number of ether oxygens (including phenoxy) is 1. The van der Waals surface area contributed by atoms with Crippen LogP contribution in [0, 0.1) is 11.3 Å². The van der Waals surface area contributed by atoms with Gasteiger partial charge in [0.2, 0.25) is 0 Å². The molecule has 1 fully saturated rings. The van der Waals surface area contributed by atoms with E-state index in [9.17, 15) is 4.79 Å². The van der Waals surface area contributed by atoms with Gasteiger partial charge in [-0.05, 0) is 31.2 Å². The average Bonchev–Trinajstić information content (AvgIpc) is 3.13. The summed E-state index contributed by atoms with van der Waals surface area (Å²) in [5.74, 6) is 0.440. The first-order chi connectivity index (χ1) is 9.13. The van der Waals surface area contributed by atoms with Gasteiger partial charge in [-0.1, -0.05) is 12.8 Å². The van der Waals surface area contributed by atoms with Gasteiger partial charge in [0, 0.05) is 19.3 Å². The molecule has 106 valence electrons. The molecule has 5 nitrogen and oxygen atoms in total. The predicted molar refractivity (Wildman–Crippen MR) is 72.4 cm³/mol. The summed E-state index contributed by atoms with van der Waals surface area (Å²) in [4.78, 5) is 12.2. The van der Waals surface area contributed by atoms with Crippen molar-refractivity contribution in [2.24, 2.45) is 17.1 Å². The molecule has 1 saturated carbocycles. The number of hydrogen-bond donors (Lipinski definition) is 1. The maximum atomic E-state index is 12.2. The largest absolute Gasteiger partial charge is 0.469 e. The standard InChI is InChI=1S/C14H23N3O2/c1-3-17-9-12(8-16-17)7-14(10-15,13(18)19-2)6-11-4-5-11/h8-9,11H,3-7,10,15H2,1-2H3. The molecular formula is C14H23N3O2. The Morgan fingerprint density at radius 3 is 2.84 bits per heavy atom. The number of aromatic nitrogens is 2. The minimum atomic E-state index is -0.586.